The standard InChI is InChI=1S/C23H17IN2O6/c24-15-4-6-16(7-5-15)26-21(27)11-17(22(26)28)25(23(29)19-2-1-9-30-19)12-14-3-8-18-20(10-14)32-13-31-18/h1-10,17H,11-13H2. The third kappa shape index (κ3) is 3.72. The van der Waals surface area contributed by atoms with Gasteiger partial charge in [0.1, 0.15) is 6.04 Å². The number of hydrogen-bond donors (Lipinski definition) is 0. The molecular weight excluding hydrogens is 527 g/mol. The first-order valence-electron chi connectivity index (χ1n) is 9.86. The SMILES string of the molecule is O=C1CC(N(Cc2ccc3c(c2)OCO3)C(=O)c2ccco2)C(=O)N1c1ccc(I)cc1. The fraction of sp³-hybridized carbons (Fsp3) is 0.174. The summed E-state index contributed by atoms with van der Waals surface area (Å²) in [5.74, 6) is 0.0138. The molecule has 0 N–H and O–H groups in total. The molecule has 9 heteroatoms. The van der Waals surface area contributed by atoms with E-state index in [1.54, 1.807) is 36.4 Å². The number of amides is 3. The van der Waals surface area contributed by atoms with Crippen molar-refractivity contribution >= 4 is 46.0 Å². The Bertz CT molecular complexity index is 1190. The van der Waals surface area contributed by atoms with Crippen LogP contribution in [-0.2, 0) is 16.1 Å². The molecule has 1 atom stereocenters. The smallest absolute Gasteiger partial charge is 0.290 e. The van der Waals surface area contributed by atoms with E-state index in [1.807, 2.05) is 12.1 Å². The maximum atomic E-state index is 13.3. The second-order valence-electron chi connectivity index (χ2n) is 7.36. The number of hydrogen-bond acceptors (Lipinski definition) is 6. The second-order valence-corrected chi connectivity index (χ2v) is 8.61. The van der Waals surface area contributed by atoms with Gasteiger partial charge in [0.05, 0.1) is 18.4 Å². The summed E-state index contributed by atoms with van der Waals surface area (Å²) in [6.07, 6.45) is 1.29. The van der Waals surface area contributed by atoms with Crippen molar-refractivity contribution in [3.05, 3.63) is 75.8 Å². The van der Waals surface area contributed by atoms with E-state index in [-0.39, 0.29) is 31.4 Å². The van der Waals surface area contributed by atoms with Crippen LogP contribution in [0, 0.1) is 3.57 Å². The largest absolute Gasteiger partial charge is 0.459 e. The number of carbonyl (C=O) groups is 3. The summed E-state index contributed by atoms with van der Waals surface area (Å²) in [5, 5.41) is 0. The average molecular weight is 544 g/mol. The molecule has 8 nitrogen and oxygen atoms in total. The Morgan fingerprint density at radius 3 is 2.59 bits per heavy atom. The lowest BCUT2D eigenvalue weighted by atomic mass is 10.1. The third-order valence-corrected chi connectivity index (χ3v) is 6.09. The van der Waals surface area contributed by atoms with Crippen LogP contribution in [0.1, 0.15) is 22.5 Å². The molecule has 32 heavy (non-hydrogen) atoms. The number of rotatable bonds is 5. The van der Waals surface area contributed by atoms with E-state index in [2.05, 4.69) is 22.6 Å². The molecule has 1 aromatic heterocycles. The average Bonchev–Trinajstić information content (AvgIpc) is 3.53. The molecule has 0 bridgehead atoms. The highest BCUT2D eigenvalue weighted by molar-refractivity contribution is 14.1. The summed E-state index contributed by atoms with van der Waals surface area (Å²) in [6, 6.07) is 14.6. The van der Waals surface area contributed by atoms with Crippen molar-refractivity contribution < 1.29 is 28.3 Å². The molecule has 3 aromatic rings. The van der Waals surface area contributed by atoms with Crippen LogP contribution < -0.4 is 14.4 Å². The van der Waals surface area contributed by atoms with Crippen LogP contribution >= 0.6 is 22.6 Å². The fourth-order valence-corrected chi connectivity index (χ4v) is 4.18. The molecule has 0 spiro atoms. The zero-order valence-electron chi connectivity index (χ0n) is 16.7. The molecule has 2 aliphatic heterocycles. The summed E-state index contributed by atoms with van der Waals surface area (Å²) in [4.78, 5) is 41.9. The monoisotopic (exact) mass is 544 g/mol. The molecule has 0 radical (unpaired) electrons. The van der Waals surface area contributed by atoms with Gasteiger partial charge >= 0.3 is 0 Å². The Morgan fingerprint density at radius 1 is 1.06 bits per heavy atom. The van der Waals surface area contributed by atoms with Crippen molar-refractivity contribution in [2.75, 3.05) is 11.7 Å². The predicted octanol–water partition coefficient (Wildman–Crippen LogP) is 3.59. The number of furan rings is 1. The van der Waals surface area contributed by atoms with E-state index in [9.17, 15) is 14.4 Å². The van der Waals surface area contributed by atoms with Crippen molar-refractivity contribution in [1.29, 1.82) is 0 Å². The topological polar surface area (TPSA) is 89.3 Å². The summed E-state index contributed by atoms with van der Waals surface area (Å²) in [5.41, 5.74) is 1.22. The molecule has 1 unspecified atom stereocenters. The van der Waals surface area contributed by atoms with Crippen molar-refractivity contribution in [2.24, 2.45) is 0 Å². The lowest BCUT2D eigenvalue weighted by molar-refractivity contribution is -0.122. The Labute approximate surface area is 196 Å². The first-order chi connectivity index (χ1) is 15.5. The van der Waals surface area contributed by atoms with E-state index in [0.717, 1.165) is 14.0 Å². The van der Waals surface area contributed by atoms with Crippen LogP contribution in [0.25, 0.3) is 0 Å². The third-order valence-electron chi connectivity index (χ3n) is 5.37. The van der Waals surface area contributed by atoms with Gasteiger partial charge in [-0.3, -0.25) is 14.4 Å². The number of imide groups is 1. The van der Waals surface area contributed by atoms with Crippen molar-refractivity contribution in [1.82, 2.24) is 4.90 Å². The number of ether oxygens (including phenoxy) is 2. The van der Waals surface area contributed by atoms with Crippen LogP contribution in [0.5, 0.6) is 11.5 Å². The first kappa shape index (κ1) is 20.6. The molecule has 2 aromatic carbocycles. The number of anilines is 1. The molecule has 0 aliphatic carbocycles. The number of benzene rings is 2. The van der Waals surface area contributed by atoms with Gasteiger partial charge in [-0.25, -0.2) is 4.90 Å². The van der Waals surface area contributed by atoms with E-state index in [0.29, 0.717) is 17.2 Å². The maximum absolute atomic E-state index is 13.3. The van der Waals surface area contributed by atoms with Gasteiger partial charge in [-0.2, -0.15) is 0 Å². The lowest BCUT2D eigenvalue weighted by Gasteiger charge is -2.27. The minimum absolute atomic E-state index is 0.0960. The summed E-state index contributed by atoms with van der Waals surface area (Å²) in [7, 11) is 0. The second kappa shape index (κ2) is 8.30. The van der Waals surface area contributed by atoms with Crippen LogP contribution in [0.15, 0.2) is 65.3 Å². The molecular formula is C23H17IN2O6. The van der Waals surface area contributed by atoms with Crippen LogP contribution in [0.3, 0.4) is 0 Å². The van der Waals surface area contributed by atoms with Crippen molar-refractivity contribution in [2.45, 2.75) is 19.0 Å². The highest BCUT2D eigenvalue weighted by Gasteiger charge is 2.45. The van der Waals surface area contributed by atoms with Crippen LogP contribution in [0.4, 0.5) is 5.69 Å². The fourth-order valence-electron chi connectivity index (χ4n) is 3.82. The molecule has 5 rings (SSSR count). The van der Waals surface area contributed by atoms with Gasteiger partial charge in [-0.15, -0.1) is 0 Å². The normalized spacial score (nSPS) is 17.2. The quantitative estimate of drug-likeness (QED) is 0.361. The molecule has 2 aliphatic rings. The van der Waals surface area contributed by atoms with Gasteiger partial charge in [0.2, 0.25) is 12.7 Å². The minimum atomic E-state index is -0.954. The summed E-state index contributed by atoms with van der Waals surface area (Å²) < 4.78 is 17.0. The van der Waals surface area contributed by atoms with Gasteiger partial charge in [0.15, 0.2) is 17.3 Å². The van der Waals surface area contributed by atoms with E-state index in [1.165, 1.54) is 17.2 Å². The summed E-state index contributed by atoms with van der Waals surface area (Å²) >= 11 is 2.15. The van der Waals surface area contributed by atoms with E-state index >= 15 is 0 Å². The highest BCUT2D eigenvalue weighted by Crippen LogP contribution is 2.34. The first-order valence-corrected chi connectivity index (χ1v) is 10.9. The number of halogens is 1. The Morgan fingerprint density at radius 2 is 1.84 bits per heavy atom. The Balaban J connectivity index is 1.47. The molecule has 3 heterocycles. The van der Waals surface area contributed by atoms with Gasteiger partial charge in [0, 0.05) is 10.1 Å². The molecule has 1 saturated heterocycles. The van der Waals surface area contributed by atoms with Gasteiger partial charge < -0.3 is 18.8 Å². The Hall–Kier alpha value is -3.34. The molecule has 162 valence electrons. The van der Waals surface area contributed by atoms with Gasteiger partial charge in [0.25, 0.3) is 11.8 Å². The van der Waals surface area contributed by atoms with Crippen molar-refractivity contribution in [3.63, 3.8) is 0 Å². The predicted molar refractivity (Wildman–Crippen MR) is 121 cm³/mol. The van der Waals surface area contributed by atoms with Gasteiger partial charge in [-0.1, -0.05) is 6.07 Å². The zero-order chi connectivity index (χ0) is 22.2. The molecule has 3 amide bonds. The summed E-state index contributed by atoms with van der Waals surface area (Å²) in [6.45, 7) is 0.231. The lowest BCUT2D eigenvalue weighted by Crippen LogP contribution is -2.45. The van der Waals surface area contributed by atoms with E-state index < -0.39 is 17.9 Å². The van der Waals surface area contributed by atoms with E-state index in [4.69, 9.17) is 13.9 Å². The zero-order valence-corrected chi connectivity index (χ0v) is 18.9. The Kier molecular flexibility index (Phi) is 5.33. The number of carbonyl (C=O) groups excluding carboxylic acids is 3. The molecule has 0 saturated carbocycles. The molecule has 1 fully saturated rings. The maximum Gasteiger partial charge on any atom is 0.290 e. The number of fused-ring (bicyclic) bond motifs is 1. The van der Waals surface area contributed by atoms with Gasteiger partial charge in [-0.05, 0) is 76.7 Å². The number of nitrogens with zero attached hydrogens (tertiary/aromatic N) is 2. The van der Waals surface area contributed by atoms with Crippen LogP contribution in [-0.4, -0.2) is 35.5 Å². The minimum Gasteiger partial charge on any atom is -0.459 e. The highest BCUT2D eigenvalue weighted by atomic mass is 127. The van der Waals surface area contributed by atoms with Crippen LogP contribution in [0.2, 0.25) is 0 Å². The van der Waals surface area contributed by atoms with Crippen molar-refractivity contribution in [3.8, 4) is 11.5 Å².